The predicted molar refractivity (Wildman–Crippen MR) is 109 cm³/mol. The van der Waals surface area contributed by atoms with Gasteiger partial charge in [0.05, 0.1) is 18.5 Å². The Labute approximate surface area is 166 Å². The van der Waals surface area contributed by atoms with Crippen LogP contribution in [-0.2, 0) is 9.59 Å². The maximum Gasteiger partial charge on any atom is 0.238 e. The van der Waals surface area contributed by atoms with E-state index in [1.807, 2.05) is 6.07 Å². The average molecular weight is 404 g/mol. The van der Waals surface area contributed by atoms with Crippen LogP contribution in [-0.4, -0.2) is 41.3 Å². The van der Waals surface area contributed by atoms with E-state index in [0.29, 0.717) is 27.3 Å². The summed E-state index contributed by atoms with van der Waals surface area (Å²) >= 11 is 7.14. The molecule has 2 aromatic carbocycles. The zero-order valence-corrected chi connectivity index (χ0v) is 16.4. The highest BCUT2D eigenvalue weighted by atomic mass is 35.5. The van der Waals surface area contributed by atoms with E-state index in [-0.39, 0.29) is 18.2 Å². The number of rotatable bonds is 4. The largest absolute Gasteiger partial charge is 0.495 e. The molecule has 1 aliphatic heterocycles. The van der Waals surface area contributed by atoms with Crippen molar-refractivity contribution < 1.29 is 14.3 Å². The Morgan fingerprint density at radius 3 is 2.67 bits per heavy atom. The SMILES string of the molecule is COc1ccccc1NC(=O)[C@@H]1CC(=O)N(C)C(=Nc2ccc(Cl)cc2)S1. The smallest absolute Gasteiger partial charge is 0.238 e. The highest BCUT2D eigenvalue weighted by molar-refractivity contribution is 8.15. The van der Waals surface area contributed by atoms with E-state index < -0.39 is 5.25 Å². The van der Waals surface area contributed by atoms with E-state index in [4.69, 9.17) is 16.3 Å². The van der Waals surface area contributed by atoms with Crippen molar-refractivity contribution in [1.29, 1.82) is 0 Å². The number of methoxy groups -OCH3 is 1. The summed E-state index contributed by atoms with van der Waals surface area (Å²) in [5.74, 6) is 0.126. The van der Waals surface area contributed by atoms with Gasteiger partial charge in [0.2, 0.25) is 11.8 Å². The number of hydrogen-bond donors (Lipinski definition) is 1. The molecule has 0 saturated carbocycles. The molecule has 1 N–H and O–H groups in total. The number of nitrogens with zero attached hydrogens (tertiary/aromatic N) is 2. The molecule has 3 rings (SSSR count). The number of hydrogen-bond acceptors (Lipinski definition) is 5. The third kappa shape index (κ3) is 4.61. The average Bonchev–Trinajstić information content (AvgIpc) is 2.67. The van der Waals surface area contributed by atoms with Gasteiger partial charge in [-0.15, -0.1) is 0 Å². The minimum Gasteiger partial charge on any atom is -0.495 e. The maximum atomic E-state index is 12.7. The quantitative estimate of drug-likeness (QED) is 0.839. The van der Waals surface area contributed by atoms with Gasteiger partial charge in [-0.3, -0.25) is 14.5 Å². The first-order valence-corrected chi connectivity index (χ1v) is 9.45. The molecule has 8 heteroatoms. The van der Waals surface area contributed by atoms with Gasteiger partial charge in [0.25, 0.3) is 0 Å². The number of benzene rings is 2. The molecule has 1 fully saturated rings. The van der Waals surface area contributed by atoms with Gasteiger partial charge >= 0.3 is 0 Å². The van der Waals surface area contributed by atoms with Crippen LogP contribution in [0.5, 0.6) is 5.75 Å². The van der Waals surface area contributed by atoms with E-state index in [1.54, 1.807) is 49.5 Å². The first kappa shape index (κ1) is 19.3. The molecular formula is C19H18ClN3O3S. The summed E-state index contributed by atoms with van der Waals surface area (Å²) < 4.78 is 5.25. The second-order valence-corrected chi connectivity index (χ2v) is 7.43. The molecule has 0 bridgehead atoms. The topological polar surface area (TPSA) is 71.0 Å². The molecule has 6 nitrogen and oxygen atoms in total. The third-order valence-corrected chi connectivity index (χ3v) is 5.47. The second kappa shape index (κ2) is 8.45. The standard InChI is InChI=1S/C19H18ClN3O3S/c1-23-17(24)11-16(18(25)22-14-5-3-4-6-15(14)26-2)27-19(23)21-13-9-7-12(20)8-10-13/h3-10,16H,11H2,1-2H3,(H,22,25)/t16-/m0/s1. The molecule has 140 valence electrons. The number of para-hydroxylation sites is 2. The normalized spacial score (nSPS) is 18.5. The van der Waals surface area contributed by atoms with Gasteiger partial charge in [0.1, 0.15) is 11.0 Å². The highest BCUT2D eigenvalue weighted by Crippen LogP contribution is 2.30. The van der Waals surface area contributed by atoms with Crippen LogP contribution in [0.4, 0.5) is 11.4 Å². The van der Waals surface area contributed by atoms with Crippen molar-refractivity contribution in [3.63, 3.8) is 0 Å². The fraction of sp³-hybridized carbons (Fsp3) is 0.211. The summed E-state index contributed by atoms with van der Waals surface area (Å²) in [6.45, 7) is 0. The van der Waals surface area contributed by atoms with Gasteiger partial charge in [-0.1, -0.05) is 35.5 Å². The van der Waals surface area contributed by atoms with Crippen LogP contribution >= 0.6 is 23.4 Å². The fourth-order valence-corrected chi connectivity index (χ4v) is 3.68. The molecule has 1 saturated heterocycles. The van der Waals surface area contributed by atoms with Gasteiger partial charge in [-0.25, -0.2) is 4.99 Å². The lowest BCUT2D eigenvalue weighted by molar-refractivity contribution is -0.128. The molecule has 1 atom stereocenters. The van der Waals surface area contributed by atoms with Gasteiger partial charge in [-0.05, 0) is 36.4 Å². The number of thioether (sulfide) groups is 1. The van der Waals surface area contributed by atoms with Crippen LogP contribution < -0.4 is 10.1 Å². The molecule has 1 aliphatic rings. The number of carbonyl (C=O) groups excluding carboxylic acids is 2. The van der Waals surface area contributed by atoms with E-state index in [0.717, 1.165) is 0 Å². The first-order valence-electron chi connectivity index (χ1n) is 8.19. The van der Waals surface area contributed by atoms with Crippen molar-refractivity contribution in [2.24, 2.45) is 4.99 Å². The Morgan fingerprint density at radius 1 is 1.26 bits per heavy atom. The number of amides is 2. The van der Waals surface area contributed by atoms with Gasteiger partial charge in [-0.2, -0.15) is 0 Å². The molecule has 0 aromatic heterocycles. The zero-order valence-electron chi connectivity index (χ0n) is 14.8. The lowest BCUT2D eigenvalue weighted by atomic mass is 10.2. The lowest BCUT2D eigenvalue weighted by Gasteiger charge is -2.29. The Kier molecular flexibility index (Phi) is 6.03. The molecule has 0 spiro atoms. The Hall–Kier alpha value is -2.51. The van der Waals surface area contributed by atoms with Crippen molar-refractivity contribution in [1.82, 2.24) is 4.90 Å². The minimum atomic E-state index is -0.579. The molecule has 0 unspecified atom stereocenters. The van der Waals surface area contributed by atoms with E-state index in [2.05, 4.69) is 10.3 Å². The Bertz CT molecular complexity index is 886. The van der Waals surface area contributed by atoms with E-state index in [1.165, 1.54) is 23.8 Å². The van der Waals surface area contributed by atoms with Crippen LogP contribution in [0.1, 0.15) is 6.42 Å². The van der Waals surface area contributed by atoms with Crippen molar-refractivity contribution in [3.8, 4) is 5.75 Å². The van der Waals surface area contributed by atoms with Gasteiger partial charge in [0.15, 0.2) is 5.17 Å². The maximum absolute atomic E-state index is 12.7. The molecular weight excluding hydrogens is 386 g/mol. The molecule has 0 radical (unpaired) electrons. The van der Waals surface area contributed by atoms with E-state index in [9.17, 15) is 9.59 Å². The fourth-order valence-electron chi connectivity index (χ4n) is 2.48. The summed E-state index contributed by atoms with van der Waals surface area (Å²) in [5.41, 5.74) is 1.22. The molecule has 27 heavy (non-hydrogen) atoms. The number of aliphatic imine (C=N–C) groups is 1. The number of carbonyl (C=O) groups is 2. The summed E-state index contributed by atoms with van der Waals surface area (Å²) in [7, 11) is 3.19. The summed E-state index contributed by atoms with van der Waals surface area (Å²) in [5, 5.41) is 3.32. The molecule has 1 heterocycles. The summed E-state index contributed by atoms with van der Waals surface area (Å²) in [6.07, 6.45) is 0.0990. The first-order chi connectivity index (χ1) is 13.0. The van der Waals surface area contributed by atoms with Crippen LogP contribution in [0.15, 0.2) is 53.5 Å². The van der Waals surface area contributed by atoms with Gasteiger partial charge < -0.3 is 10.1 Å². The molecule has 0 aliphatic carbocycles. The van der Waals surface area contributed by atoms with Crippen molar-refractivity contribution in [2.75, 3.05) is 19.5 Å². The van der Waals surface area contributed by atoms with Crippen LogP contribution in [0, 0.1) is 0 Å². The van der Waals surface area contributed by atoms with Crippen molar-refractivity contribution in [2.45, 2.75) is 11.7 Å². The number of halogens is 1. The molecule has 2 aromatic rings. The van der Waals surface area contributed by atoms with Crippen molar-refractivity contribution >= 4 is 51.7 Å². The number of nitrogens with one attached hydrogen (secondary N) is 1. The predicted octanol–water partition coefficient (Wildman–Crippen LogP) is 3.94. The Morgan fingerprint density at radius 2 is 1.96 bits per heavy atom. The zero-order chi connectivity index (χ0) is 19.4. The van der Waals surface area contributed by atoms with Crippen LogP contribution in [0.3, 0.4) is 0 Å². The molecule has 2 amide bonds. The van der Waals surface area contributed by atoms with E-state index >= 15 is 0 Å². The third-order valence-electron chi connectivity index (χ3n) is 3.98. The summed E-state index contributed by atoms with van der Waals surface area (Å²) in [4.78, 5) is 31.0. The number of anilines is 1. The second-order valence-electron chi connectivity index (χ2n) is 5.82. The monoisotopic (exact) mass is 403 g/mol. The lowest BCUT2D eigenvalue weighted by Crippen LogP contribution is -2.43. The highest BCUT2D eigenvalue weighted by Gasteiger charge is 2.34. The van der Waals surface area contributed by atoms with Gasteiger partial charge in [0, 0.05) is 18.5 Å². The van der Waals surface area contributed by atoms with Crippen LogP contribution in [0.25, 0.3) is 0 Å². The van der Waals surface area contributed by atoms with Crippen molar-refractivity contribution in [3.05, 3.63) is 53.6 Å². The number of ether oxygens (including phenoxy) is 1. The van der Waals surface area contributed by atoms with Crippen LogP contribution in [0.2, 0.25) is 5.02 Å². The summed E-state index contributed by atoms with van der Waals surface area (Å²) in [6, 6.07) is 14.1. The number of amidine groups is 1. The Balaban J connectivity index is 1.79. The minimum absolute atomic E-state index is 0.0990.